The molecule has 2 aromatic rings. The van der Waals surface area contributed by atoms with Gasteiger partial charge in [0, 0.05) is 18.3 Å². The Morgan fingerprint density at radius 1 is 1.55 bits per heavy atom. The van der Waals surface area contributed by atoms with Crippen molar-refractivity contribution in [2.24, 2.45) is 0 Å². The summed E-state index contributed by atoms with van der Waals surface area (Å²) in [5.74, 6) is -0.446. The summed E-state index contributed by atoms with van der Waals surface area (Å²) in [6.45, 7) is 2.49. The number of amides is 2. The molecule has 20 heavy (non-hydrogen) atoms. The molecule has 7 heteroatoms. The van der Waals surface area contributed by atoms with Gasteiger partial charge in [-0.2, -0.15) is 5.10 Å². The zero-order valence-electron chi connectivity index (χ0n) is 11.1. The number of piperidine rings is 1. The van der Waals surface area contributed by atoms with Crippen LogP contribution in [0.25, 0.3) is 5.65 Å². The van der Waals surface area contributed by atoms with Gasteiger partial charge in [0.25, 0.3) is 5.91 Å². The number of aryl methyl sites for hydroxylation is 1. The summed E-state index contributed by atoms with van der Waals surface area (Å²) in [6, 6.07) is 2.92. The molecule has 3 rings (SSSR count). The predicted molar refractivity (Wildman–Crippen MR) is 71.2 cm³/mol. The fraction of sp³-hybridized carbons (Fsp3) is 0.385. The zero-order valence-corrected chi connectivity index (χ0v) is 11.1. The molecular formula is C13H15N5O2. The van der Waals surface area contributed by atoms with Gasteiger partial charge in [-0.1, -0.05) is 0 Å². The maximum Gasteiger partial charge on any atom is 0.270 e. The summed E-state index contributed by atoms with van der Waals surface area (Å²) in [4.78, 5) is 28.3. The summed E-state index contributed by atoms with van der Waals surface area (Å²) < 4.78 is 1.48. The minimum atomic E-state index is -0.477. The van der Waals surface area contributed by atoms with Crippen molar-refractivity contribution >= 4 is 17.5 Å². The first-order valence-corrected chi connectivity index (χ1v) is 6.55. The maximum atomic E-state index is 12.3. The van der Waals surface area contributed by atoms with Crippen LogP contribution < -0.4 is 10.6 Å². The van der Waals surface area contributed by atoms with Crippen LogP contribution in [0.2, 0.25) is 0 Å². The summed E-state index contributed by atoms with van der Waals surface area (Å²) in [6.07, 6.45) is 3.11. The number of nitrogens with one attached hydrogen (secondary N) is 2. The molecule has 0 bridgehead atoms. The second-order valence-corrected chi connectivity index (χ2v) is 4.84. The number of nitrogens with zero attached hydrogens (tertiary/aromatic N) is 3. The highest BCUT2D eigenvalue weighted by atomic mass is 16.2. The lowest BCUT2D eigenvalue weighted by molar-refractivity contribution is -0.124. The first-order chi connectivity index (χ1) is 9.65. The Bertz CT molecular complexity index is 678. The van der Waals surface area contributed by atoms with Gasteiger partial charge in [-0.15, -0.1) is 0 Å². The van der Waals surface area contributed by atoms with Crippen molar-refractivity contribution in [1.29, 1.82) is 0 Å². The normalized spacial score (nSPS) is 18.9. The molecule has 1 atom stereocenters. The average Bonchev–Trinajstić information content (AvgIpc) is 2.88. The lowest BCUT2D eigenvalue weighted by atomic mass is 10.1. The van der Waals surface area contributed by atoms with E-state index in [-0.39, 0.29) is 11.8 Å². The second-order valence-electron chi connectivity index (χ2n) is 4.84. The van der Waals surface area contributed by atoms with E-state index >= 15 is 0 Å². The lowest BCUT2D eigenvalue weighted by Crippen LogP contribution is -2.50. The van der Waals surface area contributed by atoms with Gasteiger partial charge in [0.2, 0.25) is 5.91 Å². The van der Waals surface area contributed by atoms with Gasteiger partial charge in [-0.05, 0) is 25.8 Å². The maximum absolute atomic E-state index is 12.3. The molecule has 1 aliphatic rings. The van der Waals surface area contributed by atoms with E-state index in [4.69, 9.17) is 0 Å². The Balaban J connectivity index is 1.88. The van der Waals surface area contributed by atoms with Gasteiger partial charge >= 0.3 is 0 Å². The van der Waals surface area contributed by atoms with Crippen LogP contribution in [-0.4, -0.2) is 39.0 Å². The van der Waals surface area contributed by atoms with Crippen molar-refractivity contribution in [3.8, 4) is 0 Å². The molecule has 0 spiro atoms. The minimum absolute atomic E-state index is 0.132. The van der Waals surface area contributed by atoms with Crippen LogP contribution in [0.15, 0.2) is 18.3 Å². The van der Waals surface area contributed by atoms with Crippen LogP contribution in [0.3, 0.4) is 0 Å². The standard InChI is InChI=1S/C13H15N5O2/c1-8-7-10(18-11(16-8)4-6-15-18)13(20)17-9-3-2-5-14-12(9)19/h4,6-7,9H,2-3,5H2,1H3,(H,14,19)(H,17,20)/t9-/m1/s1. The summed E-state index contributed by atoms with van der Waals surface area (Å²) >= 11 is 0. The summed E-state index contributed by atoms with van der Waals surface area (Å²) in [7, 11) is 0. The SMILES string of the molecule is Cc1cc(C(=O)N[C@@H]2CCCNC2=O)n2nccc2n1. The molecule has 7 nitrogen and oxygen atoms in total. The number of rotatable bonds is 2. The van der Waals surface area contributed by atoms with Crippen molar-refractivity contribution in [2.75, 3.05) is 6.54 Å². The molecule has 0 aromatic carbocycles. The minimum Gasteiger partial charge on any atom is -0.354 e. The molecule has 0 saturated carbocycles. The van der Waals surface area contributed by atoms with E-state index < -0.39 is 6.04 Å². The molecule has 1 fully saturated rings. The van der Waals surface area contributed by atoms with E-state index in [9.17, 15) is 9.59 Å². The van der Waals surface area contributed by atoms with Gasteiger partial charge in [-0.25, -0.2) is 9.50 Å². The lowest BCUT2D eigenvalue weighted by Gasteiger charge is -2.22. The third kappa shape index (κ3) is 2.22. The topological polar surface area (TPSA) is 88.4 Å². The van der Waals surface area contributed by atoms with Crippen LogP contribution in [0.1, 0.15) is 29.0 Å². The Morgan fingerprint density at radius 2 is 2.40 bits per heavy atom. The number of hydrogen-bond acceptors (Lipinski definition) is 4. The van der Waals surface area contributed by atoms with Crippen molar-refractivity contribution < 1.29 is 9.59 Å². The monoisotopic (exact) mass is 273 g/mol. The second kappa shape index (κ2) is 4.92. The van der Waals surface area contributed by atoms with Gasteiger partial charge in [0.15, 0.2) is 5.65 Å². The fourth-order valence-corrected chi connectivity index (χ4v) is 2.34. The van der Waals surface area contributed by atoms with E-state index in [0.29, 0.717) is 24.3 Å². The molecule has 0 aliphatic carbocycles. The molecule has 1 saturated heterocycles. The molecular weight excluding hydrogens is 258 g/mol. The van der Waals surface area contributed by atoms with Gasteiger partial charge < -0.3 is 10.6 Å². The van der Waals surface area contributed by atoms with Crippen molar-refractivity contribution in [2.45, 2.75) is 25.8 Å². The third-order valence-corrected chi connectivity index (χ3v) is 3.31. The number of fused-ring (bicyclic) bond motifs is 1. The van der Waals surface area contributed by atoms with Crippen LogP contribution in [0, 0.1) is 6.92 Å². The first-order valence-electron chi connectivity index (χ1n) is 6.55. The molecule has 104 valence electrons. The third-order valence-electron chi connectivity index (χ3n) is 3.31. The van der Waals surface area contributed by atoms with E-state index in [1.54, 1.807) is 18.3 Å². The molecule has 2 amide bonds. The Morgan fingerprint density at radius 3 is 3.20 bits per heavy atom. The number of aromatic nitrogens is 3. The molecule has 0 unspecified atom stereocenters. The largest absolute Gasteiger partial charge is 0.354 e. The van der Waals surface area contributed by atoms with E-state index in [1.807, 2.05) is 6.92 Å². The highest BCUT2D eigenvalue weighted by molar-refractivity contribution is 5.96. The number of carbonyl (C=O) groups is 2. The molecule has 0 radical (unpaired) electrons. The smallest absolute Gasteiger partial charge is 0.270 e. The quantitative estimate of drug-likeness (QED) is 0.809. The van der Waals surface area contributed by atoms with Crippen LogP contribution in [0.4, 0.5) is 0 Å². The van der Waals surface area contributed by atoms with Crippen molar-refractivity contribution in [3.63, 3.8) is 0 Å². The van der Waals surface area contributed by atoms with Gasteiger partial charge in [0.05, 0.1) is 6.20 Å². The van der Waals surface area contributed by atoms with E-state index in [1.165, 1.54) is 4.52 Å². The molecule has 2 aromatic heterocycles. The first kappa shape index (κ1) is 12.6. The zero-order chi connectivity index (χ0) is 14.1. The fourth-order valence-electron chi connectivity index (χ4n) is 2.34. The summed E-state index contributed by atoms with van der Waals surface area (Å²) in [5.41, 5.74) is 1.73. The Kier molecular flexibility index (Phi) is 3.09. The van der Waals surface area contributed by atoms with Gasteiger partial charge in [-0.3, -0.25) is 9.59 Å². The van der Waals surface area contributed by atoms with Crippen LogP contribution in [0.5, 0.6) is 0 Å². The van der Waals surface area contributed by atoms with Crippen LogP contribution >= 0.6 is 0 Å². The van der Waals surface area contributed by atoms with E-state index in [2.05, 4.69) is 20.7 Å². The number of hydrogen-bond donors (Lipinski definition) is 2. The average molecular weight is 273 g/mol. The van der Waals surface area contributed by atoms with E-state index in [0.717, 1.165) is 12.1 Å². The van der Waals surface area contributed by atoms with Gasteiger partial charge in [0.1, 0.15) is 11.7 Å². The number of carbonyl (C=O) groups excluding carboxylic acids is 2. The Hall–Kier alpha value is -2.44. The van der Waals surface area contributed by atoms with Crippen LogP contribution in [-0.2, 0) is 4.79 Å². The highest BCUT2D eigenvalue weighted by Gasteiger charge is 2.25. The molecule has 1 aliphatic heterocycles. The molecule has 2 N–H and O–H groups in total. The Labute approximate surface area is 115 Å². The predicted octanol–water partition coefficient (Wildman–Crippen LogP) is 0.0461. The summed E-state index contributed by atoms with van der Waals surface area (Å²) in [5, 5.41) is 9.58. The van der Waals surface area contributed by atoms with Crippen molar-refractivity contribution in [3.05, 3.63) is 29.7 Å². The molecule has 3 heterocycles. The van der Waals surface area contributed by atoms with Crippen molar-refractivity contribution in [1.82, 2.24) is 25.2 Å². The highest BCUT2D eigenvalue weighted by Crippen LogP contribution is 2.09.